The largest absolute Gasteiger partial charge is 0.416 e. The van der Waals surface area contributed by atoms with Crippen molar-refractivity contribution >= 4 is 5.91 Å². The van der Waals surface area contributed by atoms with Crippen LogP contribution in [0, 0.1) is 0 Å². The Kier molecular flexibility index (Phi) is 4.79. The van der Waals surface area contributed by atoms with E-state index in [2.05, 4.69) is 10.3 Å². The highest BCUT2D eigenvalue weighted by Gasteiger charge is 2.30. The lowest BCUT2D eigenvalue weighted by Gasteiger charge is -2.17. The van der Waals surface area contributed by atoms with E-state index in [9.17, 15) is 18.0 Å². The van der Waals surface area contributed by atoms with E-state index in [1.807, 2.05) is 30.3 Å². The Labute approximate surface area is 148 Å². The third kappa shape index (κ3) is 3.77. The zero-order valence-corrected chi connectivity index (χ0v) is 13.9. The van der Waals surface area contributed by atoms with Crippen LogP contribution in [0.2, 0.25) is 0 Å². The number of hydrogen-bond acceptors (Lipinski definition) is 2. The van der Waals surface area contributed by atoms with Crippen molar-refractivity contribution in [3.8, 4) is 5.69 Å². The molecule has 1 heterocycles. The molecule has 0 fully saturated rings. The number of carbonyl (C=O) groups is 1. The van der Waals surface area contributed by atoms with E-state index in [4.69, 9.17) is 0 Å². The van der Waals surface area contributed by atoms with Crippen LogP contribution in [0.5, 0.6) is 0 Å². The molecule has 0 aliphatic carbocycles. The number of imidazole rings is 1. The van der Waals surface area contributed by atoms with Crippen molar-refractivity contribution in [2.45, 2.75) is 19.1 Å². The van der Waals surface area contributed by atoms with Gasteiger partial charge in [-0.05, 0) is 36.8 Å². The molecule has 1 N–H and O–H groups in total. The molecule has 1 unspecified atom stereocenters. The van der Waals surface area contributed by atoms with Crippen LogP contribution in [-0.4, -0.2) is 15.5 Å². The molecule has 0 spiro atoms. The number of amides is 1. The zero-order valence-electron chi connectivity index (χ0n) is 13.9. The minimum atomic E-state index is -4.42. The number of nitrogens with one attached hydrogen (secondary N) is 1. The molecule has 0 bridgehead atoms. The van der Waals surface area contributed by atoms with Crippen molar-refractivity contribution in [1.82, 2.24) is 14.9 Å². The highest BCUT2D eigenvalue weighted by molar-refractivity contribution is 5.93. The number of benzene rings is 2. The van der Waals surface area contributed by atoms with E-state index in [0.29, 0.717) is 11.3 Å². The summed E-state index contributed by atoms with van der Waals surface area (Å²) in [6.45, 7) is 1.64. The van der Waals surface area contributed by atoms with Gasteiger partial charge < -0.3 is 5.32 Å². The number of para-hydroxylation sites is 1. The fourth-order valence-corrected chi connectivity index (χ4v) is 2.60. The van der Waals surface area contributed by atoms with Gasteiger partial charge in [0.15, 0.2) is 0 Å². The van der Waals surface area contributed by atoms with Gasteiger partial charge in [0, 0.05) is 5.69 Å². The molecule has 0 saturated carbocycles. The topological polar surface area (TPSA) is 46.9 Å². The van der Waals surface area contributed by atoms with Crippen LogP contribution in [-0.2, 0) is 6.18 Å². The first-order valence-corrected chi connectivity index (χ1v) is 7.92. The molecule has 0 aliphatic rings. The van der Waals surface area contributed by atoms with Crippen LogP contribution >= 0.6 is 0 Å². The number of alkyl halides is 3. The number of hydrogen-bond donors (Lipinski definition) is 1. The molecule has 0 radical (unpaired) electrons. The number of rotatable bonds is 4. The average Bonchev–Trinajstić information content (AvgIpc) is 3.12. The summed E-state index contributed by atoms with van der Waals surface area (Å²) in [5.74, 6) is -0.420. The summed E-state index contributed by atoms with van der Waals surface area (Å²) in [6, 6.07) is 13.5. The molecule has 2 aromatic carbocycles. The molecular formula is C19H16F3N3O. The van der Waals surface area contributed by atoms with E-state index < -0.39 is 23.7 Å². The van der Waals surface area contributed by atoms with Gasteiger partial charge in [-0.15, -0.1) is 0 Å². The van der Waals surface area contributed by atoms with Gasteiger partial charge in [0.05, 0.1) is 24.1 Å². The Balaban J connectivity index is 1.80. The Hall–Kier alpha value is -3.09. The van der Waals surface area contributed by atoms with Crippen molar-refractivity contribution in [2.75, 3.05) is 0 Å². The van der Waals surface area contributed by atoms with Crippen LogP contribution in [0.15, 0.2) is 67.1 Å². The van der Waals surface area contributed by atoms with Gasteiger partial charge in [-0.2, -0.15) is 13.2 Å². The highest BCUT2D eigenvalue weighted by atomic mass is 19.4. The lowest BCUT2D eigenvalue weighted by atomic mass is 10.0. The summed E-state index contributed by atoms with van der Waals surface area (Å²) in [6.07, 6.45) is -1.49. The van der Waals surface area contributed by atoms with Gasteiger partial charge in [0.25, 0.3) is 5.91 Å². The van der Waals surface area contributed by atoms with Crippen molar-refractivity contribution < 1.29 is 18.0 Å². The smallest absolute Gasteiger partial charge is 0.344 e. The third-order valence-corrected chi connectivity index (χ3v) is 3.97. The monoisotopic (exact) mass is 359 g/mol. The summed E-state index contributed by atoms with van der Waals surface area (Å²) in [5, 5.41) is 2.72. The predicted octanol–water partition coefficient (Wildman–Crippen LogP) is 4.38. The SMILES string of the molecule is CC(NC(=O)c1cncn1-c1ccccc1)c1cccc(C(F)(F)F)c1. The Morgan fingerprint density at radius 2 is 1.85 bits per heavy atom. The second-order valence-corrected chi connectivity index (χ2v) is 5.80. The lowest BCUT2D eigenvalue weighted by molar-refractivity contribution is -0.137. The van der Waals surface area contributed by atoms with Crippen LogP contribution < -0.4 is 5.32 Å². The van der Waals surface area contributed by atoms with Crippen molar-refractivity contribution in [2.24, 2.45) is 0 Å². The average molecular weight is 359 g/mol. The van der Waals surface area contributed by atoms with Gasteiger partial charge in [0.2, 0.25) is 0 Å². The lowest BCUT2D eigenvalue weighted by Crippen LogP contribution is -2.28. The first-order chi connectivity index (χ1) is 12.4. The standard InChI is InChI=1S/C19H16F3N3O/c1-13(14-6-5-7-15(10-14)19(20,21)22)24-18(26)17-11-23-12-25(17)16-8-3-2-4-9-16/h2-13H,1H3,(H,24,26). The molecule has 26 heavy (non-hydrogen) atoms. The van der Waals surface area contributed by atoms with Crippen molar-refractivity contribution in [3.05, 3.63) is 83.9 Å². The maximum absolute atomic E-state index is 12.9. The van der Waals surface area contributed by atoms with Crippen molar-refractivity contribution in [3.63, 3.8) is 0 Å². The van der Waals surface area contributed by atoms with Crippen LogP contribution in [0.4, 0.5) is 13.2 Å². The number of carbonyl (C=O) groups excluding carboxylic acids is 1. The van der Waals surface area contributed by atoms with Crippen LogP contribution in [0.3, 0.4) is 0 Å². The quantitative estimate of drug-likeness (QED) is 0.751. The Morgan fingerprint density at radius 3 is 2.54 bits per heavy atom. The summed E-state index contributed by atoms with van der Waals surface area (Å²) in [5.41, 5.74) is 0.696. The predicted molar refractivity (Wildman–Crippen MR) is 90.9 cm³/mol. The van der Waals surface area contributed by atoms with E-state index in [1.54, 1.807) is 17.6 Å². The summed E-state index contributed by atoms with van der Waals surface area (Å²) >= 11 is 0. The molecular weight excluding hydrogens is 343 g/mol. The summed E-state index contributed by atoms with van der Waals surface area (Å²) in [4.78, 5) is 16.6. The molecule has 4 nitrogen and oxygen atoms in total. The minimum absolute atomic E-state index is 0.301. The molecule has 1 aromatic heterocycles. The fourth-order valence-electron chi connectivity index (χ4n) is 2.60. The second kappa shape index (κ2) is 7.03. The Bertz CT molecular complexity index is 904. The molecule has 3 aromatic rings. The van der Waals surface area contributed by atoms with Gasteiger partial charge in [-0.1, -0.05) is 30.3 Å². The number of halogens is 3. The van der Waals surface area contributed by atoms with E-state index in [1.165, 1.54) is 18.6 Å². The molecule has 134 valence electrons. The Morgan fingerprint density at radius 1 is 1.12 bits per heavy atom. The van der Waals surface area contributed by atoms with Crippen LogP contribution in [0.1, 0.15) is 34.6 Å². The number of aromatic nitrogens is 2. The van der Waals surface area contributed by atoms with Crippen molar-refractivity contribution in [1.29, 1.82) is 0 Å². The second-order valence-electron chi connectivity index (χ2n) is 5.80. The maximum atomic E-state index is 12.9. The number of nitrogens with zero attached hydrogens (tertiary/aromatic N) is 2. The van der Waals surface area contributed by atoms with Crippen LogP contribution in [0.25, 0.3) is 5.69 Å². The zero-order chi connectivity index (χ0) is 18.7. The summed E-state index contributed by atoms with van der Waals surface area (Å²) in [7, 11) is 0. The van der Waals surface area contributed by atoms with Gasteiger partial charge in [-0.25, -0.2) is 4.98 Å². The first kappa shape index (κ1) is 17.7. The van der Waals surface area contributed by atoms with E-state index in [-0.39, 0.29) is 0 Å². The molecule has 0 saturated heterocycles. The normalized spacial score (nSPS) is 12.6. The van der Waals surface area contributed by atoms with E-state index in [0.717, 1.165) is 17.8 Å². The molecule has 3 rings (SSSR count). The van der Waals surface area contributed by atoms with Gasteiger partial charge >= 0.3 is 6.18 Å². The third-order valence-electron chi connectivity index (χ3n) is 3.97. The molecule has 1 atom stereocenters. The van der Waals surface area contributed by atoms with Gasteiger partial charge in [-0.3, -0.25) is 9.36 Å². The fraction of sp³-hybridized carbons (Fsp3) is 0.158. The first-order valence-electron chi connectivity index (χ1n) is 7.92. The molecule has 7 heteroatoms. The maximum Gasteiger partial charge on any atom is 0.416 e. The summed E-state index contributed by atoms with van der Waals surface area (Å²) < 4.78 is 40.2. The minimum Gasteiger partial charge on any atom is -0.344 e. The van der Waals surface area contributed by atoms with E-state index >= 15 is 0 Å². The molecule has 0 aliphatic heterocycles. The highest BCUT2D eigenvalue weighted by Crippen LogP contribution is 2.30. The molecule has 1 amide bonds. The van der Waals surface area contributed by atoms with Gasteiger partial charge in [0.1, 0.15) is 5.69 Å².